The number of hydrogen-bond donors (Lipinski definition) is 2. The van der Waals surface area contributed by atoms with E-state index in [0.717, 1.165) is 12.0 Å². The highest BCUT2D eigenvalue weighted by molar-refractivity contribution is 14.0. The molecule has 2 N–H and O–H groups in total. The van der Waals surface area contributed by atoms with Gasteiger partial charge in [-0.2, -0.15) is 13.2 Å². The lowest BCUT2D eigenvalue weighted by Gasteiger charge is -2.24. The van der Waals surface area contributed by atoms with Crippen LogP contribution in [0, 0.1) is 0 Å². The minimum atomic E-state index is -4.17. The maximum absolute atomic E-state index is 12.3. The predicted octanol–water partition coefficient (Wildman–Crippen LogP) is 3.98. The average molecular weight is 486 g/mol. The lowest BCUT2D eigenvalue weighted by molar-refractivity contribution is -0.132. The number of guanidine groups is 1. The summed E-state index contributed by atoms with van der Waals surface area (Å²) in [5.74, 6) is 0.406. The van der Waals surface area contributed by atoms with Gasteiger partial charge in [-0.25, -0.2) is 0 Å². The number of benzene rings is 1. The van der Waals surface area contributed by atoms with Gasteiger partial charge >= 0.3 is 6.18 Å². The first-order valence-electron chi connectivity index (χ1n) is 8.61. The molecular weight excluding hydrogens is 456 g/mol. The first-order valence-corrected chi connectivity index (χ1v) is 8.61. The standard InChI is InChI=1S/C18H29F3N4.HI/c1-5-14-7-9-15(10-8-14)16(25(3)4)13-24-17(22-6-2)23-12-11-18(19,20)21;/h7-10,16H,5-6,11-13H2,1-4H3,(H2,22,23,24);1H. The number of likely N-dealkylation sites (N-methyl/N-ethyl adjacent to an activating group) is 1. The highest BCUT2D eigenvalue weighted by Gasteiger charge is 2.26. The summed E-state index contributed by atoms with van der Waals surface area (Å²) in [5.41, 5.74) is 2.41. The highest BCUT2D eigenvalue weighted by Crippen LogP contribution is 2.20. The number of hydrogen-bond acceptors (Lipinski definition) is 2. The van der Waals surface area contributed by atoms with Crippen LogP contribution in [0.15, 0.2) is 29.3 Å². The molecule has 1 aromatic rings. The monoisotopic (exact) mass is 486 g/mol. The van der Waals surface area contributed by atoms with Crippen LogP contribution in [0.25, 0.3) is 0 Å². The van der Waals surface area contributed by atoms with Gasteiger partial charge in [-0.1, -0.05) is 31.2 Å². The molecule has 0 bridgehead atoms. The van der Waals surface area contributed by atoms with E-state index in [0.29, 0.717) is 19.0 Å². The minimum Gasteiger partial charge on any atom is -0.357 e. The number of nitrogens with one attached hydrogen (secondary N) is 2. The smallest absolute Gasteiger partial charge is 0.357 e. The summed E-state index contributed by atoms with van der Waals surface area (Å²) in [6.07, 6.45) is -4.07. The van der Waals surface area contributed by atoms with Crippen LogP contribution in [-0.2, 0) is 6.42 Å². The second-order valence-electron chi connectivity index (χ2n) is 6.09. The van der Waals surface area contributed by atoms with Gasteiger partial charge in [0, 0.05) is 13.1 Å². The summed E-state index contributed by atoms with van der Waals surface area (Å²) >= 11 is 0. The van der Waals surface area contributed by atoms with Crippen LogP contribution in [0.2, 0.25) is 0 Å². The number of nitrogens with zero attached hydrogens (tertiary/aromatic N) is 2. The van der Waals surface area contributed by atoms with Crippen molar-refractivity contribution in [3.05, 3.63) is 35.4 Å². The molecule has 0 fully saturated rings. The molecule has 1 rings (SSSR count). The van der Waals surface area contributed by atoms with Gasteiger partial charge in [0.25, 0.3) is 0 Å². The van der Waals surface area contributed by atoms with Crippen LogP contribution >= 0.6 is 24.0 Å². The lowest BCUT2D eigenvalue weighted by atomic mass is 10.0. The van der Waals surface area contributed by atoms with Crippen molar-refractivity contribution in [2.45, 2.75) is 38.9 Å². The third kappa shape index (κ3) is 9.61. The van der Waals surface area contributed by atoms with Gasteiger partial charge in [0.1, 0.15) is 0 Å². The Morgan fingerprint density at radius 3 is 2.19 bits per heavy atom. The van der Waals surface area contributed by atoms with Crippen LogP contribution in [0.3, 0.4) is 0 Å². The van der Waals surface area contributed by atoms with Gasteiger partial charge in [0.05, 0.1) is 19.0 Å². The molecular formula is C18H30F3IN4. The maximum atomic E-state index is 12.3. The van der Waals surface area contributed by atoms with Crippen LogP contribution in [0.1, 0.15) is 37.4 Å². The molecule has 0 aliphatic carbocycles. The molecule has 0 aliphatic rings. The summed E-state index contributed by atoms with van der Waals surface area (Å²) in [4.78, 5) is 6.52. The van der Waals surface area contributed by atoms with Crippen molar-refractivity contribution in [2.24, 2.45) is 4.99 Å². The zero-order chi connectivity index (χ0) is 18.9. The molecule has 0 spiro atoms. The Morgan fingerprint density at radius 2 is 1.73 bits per heavy atom. The van der Waals surface area contributed by atoms with Gasteiger partial charge in [0.2, 0.25) is 0 Å². The second kappa shape index (κ2) is 12.4. The molecule has 0 aromatic heterocycles. The van der Waals surface area contributed by atoms with E-state index in [-0.39, 0.29) is 36.6 Å². The van der Waals surface area contributed by atoms with Crippen molar-refractivity contribution in [3.63, 3.8) is 0 Å². The fourth-order valence-electron chi connectivity index (χ4n) is 2.38. The van der Waals surface area contributed by atoms with Crippen LogP contribution in [-0.4, -0.2) is 50.8 Å². The van der Waals surface area contributed by atoms with Crippen LogP contribution in [0.5, 0.6) is 0 Å². The zero-order valence-electron chi connectivity index (χ0n) is 15.9. The zero-order valence-corrected chi connectivity index (χ0v) is 18.2. The highest BCUT2D eigenvalue weighted by atomic mass is 127. The Bertz CT molecular complexity index is 530. The molecule has 1 atom stereocenters. The van der Waals surface area contributed by atoms with Gasteiger partial charge in [-0.3, -0.25) is 4.99 Å². The van der Waals surface area contributed by atoms with Crippen molar-refractivity contribution >= 4 is 29.9 Å². The Labute approximate surface area is 171 Å². The van der Waals surface area contributed by atoms with E-state index in [4.69, 9.17) is 0 Å². The van der Waals surface area contributed by atoms with Crippen LogP contribution in [0.4, 0.5) is 13.2 Å². The fourth-order valence-corrected chi connectivity index (χ4v) is 2.38. The first kappa shape index (κ1) is 25.0. The largest absolute Gasteiger partial charge is 0.390 e. The molecule has 0 radical (unpaired) electrons. The average Bonchev–Trinajstić information content (AvgIpc) is 2.54. The fraction of sp³-hybridized carbons (Fsp3) is 0.611. The Hall–Kier alpha value is -1.03. The van der Waals surface area contributed by atoms with E-state index in [1.165, 1.54) is 5.56 Å². The Morgan fingerprint density at radius 1 is 1.12 bits per heavy atom. The molecule has 8 heteroatoms. The number of aryl methyl sites for hydroxylation is 1. The van der Waals surface area contributed by atoms with Crippen molar-refractivity contribution in [1.29, 1.82) is 0 Å². The van der Waals surface area contributed by atoms with Crippen molar-refractivity contribution < 1.29 is 13.2 Å². The normalized spacial score (nSPS) is 13.3. The number of alkyl halides is 3. The number of rotatable bonds is 8. The number of halogens is 4. The van der Waals surface area contributed by atoms with E-state index >= 15 is 0 Å². The summed E-state index contributed by atoms with van der Waals surface area (Å²) in [7, 11) is 3.94. The van der Waals surface area contributed by atoms with Gasteiger partial charge in [-0.05, 0) is 38.6 Å². The molecule has 4 nitrogen and oxygen atoms in total. The molecule has 0 saturated carbocycles. The quantitative estimate of drug-likeness (QED) is 0.332. The molecule has 26 heavy (non-hydrogen) atoms. The first-order chi connectivity index (χ1) is 11.8. The molecule has 1 aromatic carbocycles. The SMILES string of the molecule is CCNC(=NCC(c1ccc(CC)cc1)N(C)C)NCCC(F)(F)F.I. The van der Waals surface area contributed by atoms with Gasteiger partial charge < -0.3 is 15.5 Å². The predicted molar refractivity (Wildman–Crippen MR) is 112 cm³/mol. The third-order valence-electron chi connectivity index (χ3n) is 3.86. The summed E-state index contributed by atoms with van der Waals surface area (Å²) in [6.45, 7) is 4.86. The van der Waals surface area contributed by atoms with E-state index in [9.17, 15) is 13.2 Å². The van der Waals surface area contributed by atoms with Crippen molar-refractivity contribution in [1.82, 2.24) is 15.5 Å². The van der Waals surface area contributed by atoms with Gasteiger partial charge in [0.15, 0.2) is 5.96 Å². The maximum Gasteiger partial charge on any atom is 0.390 e. The third-order valence-corrected chi connectivity index (χ3v) is 3.86. The van der Waals surface area contributed by atoms with E-state index in [1.54, 1.807) is 0 Å². The molecule has 0 heterocycles. The molecule has 0 amide bonds. The van der Waals surface area contributed by atoms with Crippen molar-refractivity contribution in [3.8, 4) is 0 Å². The lowest BCUT2D eigenvalue weighted by Crippen LogP contribution is -2.39. The van der Waals surface area contributed by atoms with Crippen molar-refractivity contribution in [2.75, 3.05) is 33.7 Å². The van der Waals surface area contributed by atoms with E-state index in [2.05, 4.69) is 51.7 Å². The molecule has 150 valence electrons. The Kier molecular flexibility index (Phi) is 11.9. The van der Waals surface area contributed by atoms with E-state index < -0.39 is 12.6 Å². The van der Waals surface area contributed by atoms with Crippen LogP contribution < -0.4 is 10.6 Å². The summed E-state index contributed by atoms with van der Waals surface area (Å²) in [5, 5.41) is 5.73. The second-order valence-corrected chi connectivity index (χ2v) is 6.09. The molecule has 1 unspecified atom stereocenters. The van der Waals surface area contributed by atoms with E-state index in [1.807, 2.05) is 21.0 Å². The van der Waals surface area contributed by atoms with Gasteiger partial charge in [-0.15, -0.1) is 24.0 Å². The Balaban J connectivity index is 0.00000625. The minimum absolute atomic E-state index is 0. The summed E-state index contributed by atoms with van der Waals surface area (Å²) in [6, 6.07) is 8.43. The molecule has 0 saturated heterocycles. The summed E-state index contributed by atoms with van der Waals surface area (Å²) < 4.78 is 36.9. The molecule has 0 aliphatic heterocycles. The topological polar surface area (TPSA) is 39.7 Å². The number of aliphatic imine (C=N–C) groups is 1.